The van der Waals surface area contributed by atoms with Crippen LogP contribution in [-0.2, 0) is 4.79 Å². The lowest BCUT2D eigenvalue weighted by Crippen LogP contribution is -2.36. The number of para-hydroxylation sites is 2. The minimum Gasteiger partial charge on any atom is -0.341 e. The Labute approximate surface area is 164 Å². The fraction of sp³-hybridized carbons (Fsp3) is 0.458. The Morgan fingerprint density at radius 3 is 2.15 bits per heavy atom. The number of piperidine rings is 1. The van der Waals surface area contributed by atoms with Gasteiger partial charge in [-0.1, -0.05) is 49.2 Å². The van der Waals surface area contributed by atoms with Gasteiger partial charge in [0.2, 0.25) is 6.29 Å². The summed E-state index contributed by atoms with van der Waals surface area (Å²) in [5, 5.41) is 0. The molecule has 1 aliphatic rings. The van der Waals surface area contributed by atoms with E-state index >= 15 is 0 Å². The number of nitrogens with zero attached hydrogens (tertiary/aromatic N) is 2. The van der Waals surface area contributed by atoms with E-state index in [0.29, 0.717) is 0 Å². The Morgan fingerprint density at radius 1 is 0.889 bits per heavy atom. The lowest BCUT2D eigenvalue weighted by molar-refractivity contribution is 0.198. The van der Waals surface area contributed by atoms with Gasteiger partial charge in [0.1, 0.15) is 0 Å². The summed E-state index contributed by atoms with van der Waals surface area (Å²) in [5.74, 6) is 0.143. The quantitative estimate of drug-likeness (QED) is 0.542. The number of anilines is 2. The van der Waals surface area contributed by atoms with Crippen LogP contribution in [0.1, 0.15) is 38.5 Å². The van der Waals surface area contributed by atoms with Crippen LogP contribution in [0.15, 0.2) is 60.7 Å². The van der Waals surface area contributed by atoms with E-state index in [4.69, 9.17) is 0 Å². The van der Waals surface area contributed by atoms with Gasteiger partial charge in [0, 0.05) is 30.4 Å². The van der Waals surface area contributed by atoms with Gasteiger partial charge in [0.25, 0.3) is 0 Å². The first-order chi connectivity index (χ1) is 13.4. The van der Waals surface area contributed by atoms with E-state index in [1.165, 1.54) is 37.1 Å². The predicted octanol–water partition coefficient (Wildman–Crippen LogP) is 5.21. The number of hydrogen-bond acceptors (Lipinski definition) is 3. The summed E-state index contributed by atoms with van der Waals surface area (Å²) in [7, 11) is 0. The van der Waals surface area contributed by atoms with E-state index in [1.54, 1.807) is 0 Å². The van der Waals surface area contributed by atoms with Gasteiger partial charge in [-0.25, -0.2) is 0 Å². The second-order valence-electron chi connectivity index (χ2n) is 7.49. The van der Waals surface area contributed by atoms with Crippen LogP contribution in [0.4, 0.5) is 11.4 Å². The molecule has 2 aromatic carbocycles. The smallest absolute Gasteiger partial charge is 0.203 e. The van der Waals surface area contributed by atoms with Crippen molar-refractivity contribution in [2.75, 3.05) is 31.1 Å². The first-order valence-electron chi connectivity index (χ1n) is 10.3. The third-order valence-corrected chi connectivity index (χ3v) is 5.41. The summed E-state index contributed by atoms with van der Waals surface area (Å²) in [5.41, 5.74) is 2.52. The molecule has 1 fully saturated rings. The van der Waals surface area contributed by atoms with Crippen molar-refractivity contribution in [3.63, 3.8) is 0 Å². The highest BCUT2D eigenvalue weighted by molar-refractivity contribution is 5.62. The van der Waals surface area contributed by atoms with Crippen molar-refractivity contribution >= 4 is 17.7 Å². The van der Waals surface area contributed by atoms with Gasteiger partial charge in [0.15, 0.2) is 0 Å². The Bertz CT molecular complexity index is 619. The molecule has 3 heteroatoms. The molecule has 27 heavy (non-hydrogen) atoms. The summed E-state index contributed by atoms with van der Waals surface area (Å²) in [4.78, 5) is 15.7. The SMILES string of the molecule is O=[C][C@@H]1CCCN(CCCCCCN(c2ccccc2)c2ccccc2)C1. The van der Waals surface area contributed by atoms with Crippen LogP contribution in [0.25, 0.3) is 0 Å². The summed E-state index contributed by atoms with van der Waals surface area (Å²) in [6, 6.07) is 21.3. The summed E-state index contributed by atoms with van der Waals surface area (Å²) in [6.45, 7) is 4.23. The van der Waals surface area contributed by atoms with Crippen molar-refractivity contribution in [3.05, 3.63) is 60.7 Å². The molecule has 0 spiro atoms. The molecule has 3 nitrogen and oxygen atoms in total. The van der Waals surface area contributed by atoms with E-state index in [2.05, 4.69) is 76.7 Å². The Hall–Kier alpha value is -2.13. The first-order valence-corrected chi connectivity index (χ1v) is 10.3. The molecule has 0 N–H and O–H groups in total. The summed E-state index contributed by atoms with van der Waals surface area (Å²) < 4.78 is 0. The van der Waals surface area contributed by atoms with Crippen LogP contribution >= 0.6 is 0 Å². The monoisotopic (exact) mass is 363 g/mol. The zero-order valence-electron chi connectivity index (χ0n) is 16.2. The van der Waals surface area contributed by atoms with Crippen LogP contribution in [0.3, 0.4) is 0 Å². The molecule has 2 aromatic rings. The number of hydrogen-bond donors (Lipinski definition) is 0. The third kappa shape index (κ3) is 6.21. The van der Waals surface area contributed by atoms with Crippen molar-refractivity contribution in [2.45, 2.75) is 38.5 Å². The van der Waals surface area contributed by atoms with Crippen LogP contribution < -0.4 is 4.90 Å². The van der Waals surface area contributed by atoms with Gasteiger partial charge < -0.3 is 9.80 Å². The molecule has 0 unspecified atom stereocenters. The number of unbranched alkanes of at least 4 members (excludes halogenated alkanes) is 3. The summed E-state index contributed by atoms with van der Waals surface area (Å²) >= 11 is 0. The highest BCUT2D eigenvalue weighted by Crippen LogP contribution is 2.25. The average Bonchev–Trinajstić information content (AvgIpc) is 2.74. The molecule has 1 saturated heterocycles. The molecule has 0 bridgehead atoms. The number of likely N-dealkylation sites (tertiary alicyclic amines) is 1. The highest BCUT2D eigenvalue weighted by Gasteiger charge is 2.19. The molecular weight excluding hydrogens is 332 g/mol. The summed E-state index contributed by atoms with van der Waals surface area (Å²) in [6.07, 6.45) is 9.27. The molecule has 0 aromatic heterocycles. The zero-order valence-corrected chi connectivity index (χ0v) is 16.2. The normalized spacial score (nSPS) is 17.6. The Balaban J connectivity index is 1.41. The first kappa shape index (κ1) is 19.6. The van der Waals surface area contributed by atoms with Gasteiger partial charge in [-0.2, -0.15) is 0 Å². The molecule has 1 atom stereocenters. The second kappa shape index (κ2) is 10.9. The molecule has 143 valence electrons. The topological polar surface area (TPSA) is 23.6 Å². The fourth-order valence-corrected chi connectivity index (χ4v) is 3.94. The maximum Gasteiger partial charge on any atom is 0.203 e. The maximum absolute atomic E-state index is 10.9. The number of rotatable bonds is 10. The maximum atomic E-state index is 10.9. The average molecular weight is 364 g/mol. The standard InChI is InChI=1S/C24H31N2O/c27-21-22-12-11-18-25(20-22)17-9-1-2-10-19-26(23-13-5-3-6-14-23)24-15-7-4-8-16-24/h3-8,13-16,22H,1-2,9-12,17-20H2/t22-/m1/s1. The molecule has 3 rings (SSSR count). The highest BCUT2D eigenvalue weighted by atomic mass is 16.1. The molecule has 0 saturated carbocycles. The molecule has 1 radical (unpaired) electrons. The van der Waals surface area contributed by atoms with Crippen LogP contribution in [0.5, 0.6) is 0 Å². The fourth-order valence-electron chi connectivity index (χ4n) is 3.94. The van der Waals surface area contributed by atoms with Crippen LogP contribution in [0.2, 0.25) is 0 Å². The number of benzene rings is 2. The van der Waals surface area contributed by atoms with Gasteiger partial charge in [0.05, 0.1) is 0 Å². The van der Waals surface area contributed by atoms with Gasteiger partial charge >= 0.3 is 0 Å². The minimum atomic E-state index is 0.143. The lowest BCUT2D eigenvalue weighted by atomic mass is 9.99. The third-order valence-electron chi connectivity index (χ3n) is 5.41. The number of carbonyl (C=O) groups excluding carboxylic acids is 1. The minimum absolute atomic E-state index is 0.143. The molecule has 1 aliphatic heterocycles. The van der Waals surface area contributed by atoms with Gasteiger partial charge in [-0.15, -0.1) is 0 Å². The van der Waals surface area contributed by atoms with Crippen molar-refractivity contribution in [1.29, 1.82) is 0 Å². The molecular formula is C24H31N2O. The van der Waals surface area contributed by atoms with E-state index in [9.17, 15) is 4.79 Å². The zero-order chi connectivity index (χ0) is 18.7. The second-order valence-corrected chi connectivity index (χ2v) is 7.49. The molecule has 1 heterocycles. The molecule has 0 aliphatic carbocycles. The van der Waals surface area contributed by atoms with E-state index in [1.807, 2.05) is 0 Å². The van der Waals surface area contributed by atoms with Gasteiger partial charge in [-0.3, -0.25) is 4.79 Å². The largest absolute Gasteiger partial charge is 0.341 e. The van der Waals surface area contributed by atoms with Crippen LogP contribution in [-0.4, -0.2) is 37.4 Å². The van der Waals surface area contributed by atoms with Crippen molar-refractivity contribution in [1.82, 2.24) is 4.90 Å². The van der Waals surface area contributed by atoms with Crippen LogP contribution in [0, 0.1) is 5.92 Å². The van der Waals surface area contributed by atoms with E-state index in [0.717, 1.165) is 39.0 Å². The predicted molar refractivity (Wildman–Crippen MR) is 113 cm³/mol. The van der Waals surface area contributed by atoms with Gasteiger partial charge in [-0.05, 0) is 63.0 Å². The van der Waals surface area contributed by atoms with Crippen molar-refractivity contribution in [2.24, 2.45) is 5.92 Å². The van der Waals surface area contributed by atoms with Crippen molar-refractivity contribution in [3.8, 4) is 0 Å². The Morgan fingerprint density at radius 2 is 1.52 bits per heavy atom. The Kier molecular flexibility index (Phi) is 7.91. The van der Waals surface area contributed by atoms with E-state index in [-0.39, 0.29) is 5.92 Å². The lowest BCUT2D eigenvalue weighted by Gasteiger charge is -2.29. The molecule has 0 amide bonds. The van der Waals surface area contributed by atoms with Crippen molar-refractivity contribution < 1.29 is 4.79 Å². The van der Waals surface area contributed by atoms with E-state index < -0.39 is 0 Å².